The summed E-state index contributed by atoms with van der Waals surface area (Å²) < 4.78 is 5.02. The van der Waals surface area contributed by atoms with Crippen molar-refractivity contribution in [1.29, 1.82) is 0 Å². The first-order valence-electron chi connectivity index (χ1n) is 6.88. The van der Waals surface area contributed by atoms with Gasteiger partial charge in [0.1, 0.15) is 11.5 Å². The Morgan fingerprint density at radius 3 is 2.67 bits per heavy atom. The standard InChI is InChI=1S/C12H18N8O/c1-8-6-9(19-21-8)7-14-10-15-11(18-13)17-12(16-10)20-4-2-3-5-20/h6H,2-5,7,13H2,1H3,(H2,14,15,16,17,18). The molecule has 3 heterocycles. The topological polar surface area (TPSA) is 118 Å². The Morgan fingerprint density at radius 1 is 1.24 bits per heavy atom. The minimum absolute atomic E-state index is 0.339. The molecule has 0 saturated carbocycles. The van der Waals surface area contributed by atoms with Gasteiger partial charge in [-0.25, -0.2) is 5.84 Å². The van der Waals surface area contributed by atoms with E-state index in [1.54, 1.807) is 0 Å². The van der Waals surface area contributed by atoms with Crippen LogP contribution in [0.3, 0.4) is 0 Å². The molecule has 0 bridgehead atoms. The van der Waals surface area contributed by atoms with Gasteiger partial charge in [-0.05, 0) is 19.8 Å². The van der Waals surface area contributed by atoms with Gasteiger partial charge in [0.15, 0.2) is 0 Å². The second kappa shape index (κ2) is 5.92. The van der Waals surface area contributed by atoms with E-state index in [1.165, 1.54) is 0 Å². The van der Waals surface area contributed by atoms with Crippen molar-refractivity contribution in [2.24, 2.45) is 5.84 Å². The summed E-state index contributed by atoms with van der Waals surface area (Å²) in [5.41, 5.74) is 3.26. The van der Waals surface area contributed by atoms with Crippen LogP contribution in [0.5, 0.6) is 0 Å². The molecule has 112 valence electrons. The van der Waals surface area contributed by atoms with E-state index in [2.05, 4.69) is 35.8 Å². The summed E-state index contributed by atoms with van der Waals surface area (Å²) in [7, 11) is 0. The zero-order chi connectivity index (χ0) is 14.7. The van der Waals surface area contributed by atoms with Crippen molar-refractivity contribution in [1.82, 2.24) is 20.1 Å². The Hall–Kier alpha value is -2.42. The minimum atomic E-state index is 0.339. The van der Waals surface area contributed by atoms with Crippen molar-refractivity contribution in [2.45, 2.75) is 26.3 Å². The molecule has 0 unspecified atom stereocenters. The lowest BCUT2D eigenvalue weighted by Gasteiger charge is -2.16. The lowest BCUT2D eigenvalue weighted by atomic mass is 10.4. The molecule has 4 N–H and O–H groups in total. The molecule has 9 nitrogen and oxygen atoms in total. The average molecular weight is 290 g/mol. The van der Waals surface area contributed by atoms with Crippen LogP contribution in [0.15, 0.2) is 10.6 Å². The number of nitrogens with two attached hydrogens (primary N) is 1. The zero-order valence-electron chi connectivity index (χ0n) is 11.8. The lowest BCUT2D eigenvalue weighted by Crippen LogP contribution is -2.23. The van der Waals surface area contributed by atoms with Crippen molar-refractivity contribution >= 4 is 17.8 Å². The van der Waals surface area contributed by atoms with Gasteiger partial charge in [0.05, 0.1) is 6.54 Å². The smallest absolute Gasteiger partial charge is 0.243 e. The first-order valence-corrected chi connectivity index (χ1v) is 6.88. The largest absolute Gasteiger partial charge is 0.361 e. The van der Waals surface area contributed by atoms with Crippen LogP contribution in [-0.2, 0) is 6.54 Å². The van der Waals surface area contributed by atoms with E-state index in [4.69, 9.17) is 10.4 Å². The molecule has 3 rings (SSSR count). The monoisotopic (exact) mass is 290 g/mol. The number of rotatable bonds is 5. The number of aryl methyl sites for hydroxylation is 1. The summed E-state index contributed by atoms with van der Waals surface area (Å²) >= 11 is 0. The Labute approximate surface area is 121 Å². The Morgan fingerprint density at radius 2 is 2.00 bits per heavy atom. The van der Waals surface area contributed by atoms with E-state index in [0.29, 0.717) is 24.4 Å². The summed E-state index contributed by atoms with van der Waals surface area (Å²) in [6, 6.07) is 1.86. The maximum absolute atomic E-state index is 5.42. The van der Waals surface area contributed by atoms with Crippen LogP contribution in [0.2, 0.25) is 0 Å². The number of hydrogen-bond donors (Lipinski definition) is 3. The van der Waals surface area contributed by atoms with Crippen LogP contribution < -0.4 is 21.5 Å². The van der Waals surface area contributed by atoms with Gasteiger partial charge in [-0.3, -0.25) is 5.43 Å². The van der Waals surface area contributed by atoms with E-state index >= 15 is 0 Å². The number of nitrogens with zero attached hydrogens (tertiary/aromatic N) is 5. The van der Waals surface area contributed by atoms with Crippen molar-refractivity contribution in [3.8, 4) is 0 Å². The predicted octanol–water partition coefficient (Wildman–Crippen LogP) is 0.666. The van der Waals surface area contributed by atoms with Gasteiger partial charge >= 0.3 is 0 Å². The van der Waals surface area contributed by atoms with Gasteiger partial charge in [0, 0.05) is 19.2 Å². The van der Waals surface area contributed by atoms with E-state index < -0.39 is 0 Å². The molecular weight excluding hydrogens is 272 g/mol. The van der Waals surface area contributed by atoms with Crippen LogP contribution in [0.25, 0.3) is 0 Å². The average Bonchev–Trinajstić information content (AvgIpc) is 3.16. The van der Waals surface area contributed by atoms with Crippen LogP contribution in [0, 0.1) is 6.92 Å². The molecule has 0 amide bonds. The quantitative estimate of drug-likeness (QED) is 0.539. The number of hydrogen-bond acceptors (Lipinski definition) is 9. The molecule has 0 aliphatic carbocycles. The summed E-state index contributed by atoms with van der Waals surface area (Å²) in [5, 5.41) is 7.02. The maximum Gasteiger partial charge on any atom is 0.243 e. The molecule has 2 aromatic heterocycles. The third kappa shape index (κ3) is 3.19. The van der Waals surface area contributed by atoms with Gasteiger partial charge in [-0.15, -0.1) is 0 Å². The van der Waals surface area contributed by atoms with Gasteiger partial charge in [0.25, 0.3) is 0 Å². The zero-order valence-corrected chi connectivity index (χ0v) is 11.8. The van der Waals surface area contributed by atoms with Crippen molar-refractivity contribution in [2.75, 3.05) is 28.7 Å². The van der Waals surface area contributed by atoms with E-state index in [0.717, 1.165) is 37.4 Å². The normalized spacial score (nSPS) is 14.5. The Balaban J connectivity index is 1.75. The van der Waals surface area contributed by atoms with E-state index in [1.807, 2.05) is 13.0 Å². The molecule has 1 saturated heterocycles. The Kier molecular flexibility index (Phi) is 3.82. The third-order valence-corrected chi connectivity index (χ3v) is 3.25. The highest BCUT2D eigenvalue weighted by molar-refractivity contribution is 5.43. The van der Waals surface area contributed by atoms with Crippen molar-refractivity contribution in [3.05, 3.63) is 17.5 Å². The fourth-order valence-corrected chi connectivity index (χ4v) is 2.24. The second-order valence-corrected chi connectivity index (χ2v) is 4.90. The van der Waals surface area contributed by atoms with Crippen LogP contribution >= 0.6 is 0 Å². The van der Waals surface area contributed by atoms with E-state index in [-0.39, 0.29) is 0 Å². The first kappa shape index (κ1) is 13.6. The molecular formula is C12H18N8O. The third-order valence-electron chi connectivity index (χ3n) is 3.25. The summed E-state index contributed by atoms with van der Waals surface area (Å²) in [6.45, 7) is 4.23. The number of anilines is 3. The van der Waals surface area contributed by atoms with Gasteiger partial charge in [-0.2, -0.15) is 15.0 Å². The first-order chi connectivity index (χ1) is 10.2. The number of hydrazine groups is 1. The Bertz CT molecular complexity index is 607. The number of nitrogens with one attached hydrogen (secondary N) is 2. The highest BCUT2D eigenvalue weighted by Crippen LogP contribution is 2.18. The van der Waals surface area contributed by atoms with Crippen LogP contribution in [0.1, 0.15) is 24.3 Å². The molecule has 0 aromatic carbocycles. The van der Waals surface area contributed by atoms with Gasteiger partial charge in [0.2, 0.25) is 17.8 Å². The fraction of sp³-hybridized carbons (Fsp3) is 0.500. The minimum Gasteiger partial charge on any atom is -0.361 e. The molecule has 21 heavy (non-hydrogen) atoms. The molecule has 1 aliphatic rings. The number of nitrogen functional groups attached to an aromatic ring is 1. The van der Waals surface area contributed by atoms with Crippen molar-refractivity contribution < 1.29 is 4.52 Å². The molecule has 1 fully saturated rings. The van der Waals surface area contributed by atoms with E-state index in [9.17, 15) is 0 Å². The fourth-order valence-electron chi connectivity index (χ4n) is 2.24. The molecule has 0 atom stereocenters. The molecule has 2 aromatic rings. The molecule has 0 radical (unpaired) electrons. The molecule has 9 heteroatoms. The van der Waals surface area contributed by atoms with Crippen LogP contribution in [-0.4, -0.2) is 33.2 Å². The SMILES string of the molecule is Cc1cc(CNc2nc(NN)nc(N3CCCC3)n2)no1. The maximum atomic E-state index is 5.42. The summed E-state index contributed by atoms with van der Waals surface area (Å²) in [4.78, 5) is 15.0. The highest BCUT2D eigenvalue weighted by atomic mass is 16.5. The molecule has 0 spiro atoms. The highest BCUT2D eigenvalue weighted by Gasteiger charge is 2.17. The molecule has 1 aliphatic heterocycles. The van der Waals surface area contributed by atoms with Crippen molar-refractivity contribution in [3.63, 3.8) is 0 Å². The number of aromatic nitrogens is 4. The second-order valence-electron chi connectivity index (χ2n) is 4.90. The lowest BCUT2D eigenvalue weighted by molar-refractivity contribution is 0.391. The van der Waals surface area contributed by atoms with Gasteiger partial charge < -0.3 is 14.7 Å². The van der Waals surface area contributed by atoms with Gasteiger partial charge in [-0.1, -0.05) is 5.16 Å². The van der Waals surface area contributed by atoms with Crippen LogP contribution in [0.4, 0.5) is 17.8 Å². The predicted molar refractivity (Wildman–Crippen MR) is 77.7 cm³/mol. The summed E-state index contributed by atoms with van der Waals surface area (Å²) in [5.74, 6) is 7.62. The summed E-state index contributed by atoms with van der Waals surface area (Å²) in [6.07, 6.45) is 2.30.